The van der Waals surface area contributed by atoms with Gasteiger partial charge in [-0.3, -0.25) is 4.90 Å². The zero-order valence-corrected chi connectivity index (χ0v) is 11.0. The number of hydrogen-bond acceptors (Lipinski definition) is 4. The third kappa shape index (κ3) is 3.98. The van der Waals surface area contributed by atoms with Gasteiger partial charge in [0.05, 0.1) is 12.7 Å². The molecule has 1 unspecified atom stereocenters. The molecule has 1 heterocycles. The van der Waals surface area contributed by atoms with E-state index in [-0.39, 0.29) is 6.10 Å². The van der Waals surface area contributed by atoms with Gasteiger partial charge in [0.1, 0.15) is 12.4 Å². The van der Waals surface area contributed by atoms with E-state index in [2.05, 4.69) is 24.0 Å². The van der Waals surface area contributed by atoms with Crippen molar-refractivity contribution in [3.63, 3.8) is 0 Å². The normalized spacial score (nSPS) is 20.9. The number of morpholine rings is 1. The van der Waals surface area contributed by atoms with E-state index in [4.69, 9.17) is 15.2 Å². The van der Waals surface area contributed by atoms with E-state index in [1.807, 2.05) is 12.1 Å². The molecule has 0 amide bonds. The minimum absolute atomic E-state index is 0.178. The molecule has 1 aromatic carbocycles. The summed E-state index contributed by atoms with van der Waals surface area (Å²) in [5, 5.41) is 0. The highest BCUT2D eigenvalue weighted by molar-refractivity contribution is 5.27. The van der Waals surface area contributed by atoms with E-state index in [0.717, 1.165) is 32.0 Å². The van der Waals surface area contributed by atoms with Crippen LogP contribution in [0.1, 0.15) is 5.56 Å². The van der Waals surface area contributed by atoms with Crippen LogP contribution in [-0.2, 0) is 4.74 Å². The van der Waals surface area contributed by atoms with E-state index in [9.17, 15) is 0 Å². The zero-order chi connectivity index (χ0) is 12.8. The highest BCUT2D eigenvalue weighted by Gasteiger charge is 2.18. The summed E-state index contributed by atoms with van der Waals surface area (Å²) in [6, 6.07) is 8.14. The first-order chi connectivity index (χ1) is 8.78. The molecule has 2 N–H and O–H groups in total. The summed E-state index contributed by atoms with van der Waals surface area (Å²) in [7, 11) is 0. The van der Waals surface area contributed by atoms with Crippen LogP contribution in [-0.4, -0.2) is 50.4 Å². The molecule has 0 saturated carbocycles. The highest BCUT2D eigenvalue weighted by Crippen LogP contribution is 2.12. The van der Waals surface area contributed by atoms with Gasteiger partial charge in [0, 0.05) is 26.2 Å². The Morgan fingerprint density at radius 1 is 1.50 bits per heavy atom. The zero-order valence-electron chi connectivity index (χ0n) is 11.0. The van der Waals surface area contributed by atoms with Crippen LogP contribution in [0.15, 0.2) is 24.3 Å². The fourth-order valence-electron chi connectivity index (χ4n) is 2.12. The Balaban J connectivity index is 1.72. The van der Waals surface area contributed by atoms with Crippen LogP contribution in [0.25, 0.3) is 0 Å². The largest absolute Gasteiger partial charge is 0.492 e. The molecular weight excluding hydrogens is 228 g/mol. The van der Waals surface area contributed by atoms with Gasteiger partial charge in [-0.25, -0.2) is 0 Å². The molecule has 4 heteroatoms. The number of rotatable bonds is 5. The second-order valence-electron chi connectivity index (χ2n) is 4.69. The fraction of sp³-hybridized carbons (Fsp3) is 0.571. The van der Waals surface area contributed by atoms with Crippen LogP contribution >= 0.6 is 0 Å². The van der Waals surface area contributed by atoms with Crippen LogP contribution < -0.4 is 10.5 Å². The van der Waals surface area contributed by atoms with Gasteiger partial charge in [-0.1, -0.05) is 12.1 Å². The Labute approximate surface area is 109 Å². The van der Waals surface area contributed by atoms with Gasteiger partial charge in [0.2, 0.25) is 0 Å². The van der Waals surface area contributed by atoms with E-state index in [1.165, 1.54) is 5.56 Å². The molecule has 0 aliphatic carbocycles. The predicted molar refractivity (Wildman–Crippen MR) is 71.9 cm³/mol. The number of benzene rings is 1. The third-order valence-corrected chi connectivity index (χ3v) is 3.15. The summed E-state index contributed by atoms with van der Waals surface area (Å²) in [5.74, 6) is 0.943. The topological polar surface area (TPSA) is 47.7 Å². The first kappa shape index (κ1) is 13.3. The smallest absolute Gasteiger partial charge is 0.119 e. The summed E-state index contributed by atoms with van der Waals surface area (Å²) in [6.45, 7) is 6.94. The van der Waals surface area contributed by atoms with Gasteiger partial charge in [-0.2, -0.15) is 0 Å². The minimum Gasteiger partial charge on any atom is -0.492 e. The predicted octanol–water partition coefficient (Wildman–Crippen LogP) is 1.03. The average molecular weight is 250 g/mol. The van der Waals surface area contributed by atoms with Crippen LogP contribution in [0.4, 0.5) is 0 Å². The van der Waals surface area contributed by atoms with Crippen molar-refractivity contribution in [2.45, 2.75) is 13.0 Å². The average Bonchev–Trinajstić information content (AvgIpc) is 2.39. The van der Waals surface area contributed by atoms with Gasteiger partial charge >= 0.3 is 0 Å². The molecule has 1 saturated heterocycles. The highest BCUT2D eigenvalue weighted by atomic mass is 16.5. The molecule has 4 nitrogen and oxygen atoms in total. The molecule has 1 aromatic rings. The van der Waals surface area contributed by atoms with E-state index in [0.29, 0.717) is 13.2 Å². The van der Waals surface area contributed by atoms with Crippen LogP contribution in [0, 0.1) is 6.92 Å². The number of hydrogen-bond donors (Lipinski definition) is 1. The van der Waals surface area contributed by atoms with Gasteiger partial charge in [-0.15, -0.1) is 0 Å². The van der Waals surface area contributed by atoms with Crippen molar-refractivity contribution in [1.82, 2.24) is 4.90 Å². The SMILES string of the molecule is Cc1cccc(OCCN2CCOC(CN)C2)c1. The lowest BCUT2D eigenvalue weighted by atomic mass is 10.2. The van der Waals surface area contributed by atoms with Crippen molar-refractivity contribution in [3.05, 3.63) is 29.8 Å². The van der Waals surface area contributed by atoms with Crippen molar-refractivity contribution < 1.29 is 9.47 Å². The fourth-order valence-corrected chi connectivity index (χ4v) is 2.12. The molecule has 2 rings (SSSR count). The van der Waals surface area contributed by atoms with Crippen LogP contribution in [0.5, 0.6) is 5.75 Å². The molecule has 18 heavy (non-hydrogen) atoms. The maximum Gasteiger partial charge on any atom is 0.119 e. The monoisotopic (exact) mass is 250 g/mol. The molecule has 0 bridgehead atoms. The quantitative estimate of drug-likeness (QED) is 0.848. The van der Waals surface area contributed by atoms with Gasteiger partial charge in [0.25, 0.3) is 0 Å². The van der Waals surface area contributed by atoms with Crippen molar-refractivity contribution in [2.75, 3.05) is 39.4 Å². The standard InChI is InChI=1S/C14H22N2O2/c1-12-3-2-4-13(9-12)17-7-5-16-6-8-18-14(10-15)11-16/h2-4,9,14H,5-8,10-11,15H2,1H3. The van der Waals surface area contributed by atoms with Crippen molar-refractivity contribution in [3.8, 4) is 5.75 Å². The van der Waals surface area contributed by atoms with Crippen molar-refractivity contribution in [2.24, 2.45) is 5.73 Å². The van der Waals surface area contributed by atoms with E-state index in [1.54, 1.807) is 0 Å². The molecule has 0 aromatic heterocycles. The number of nitrogens with zero attached hydrogens (tertiary/aromatic N) is 1. The molecule has 1 fully saturated rings. The molecule has 1 atom stereocenters. The summed E-state index contributed by atoms with van der Waals surface area (Å²) >= 11 is 0. The molecule has 0 spiro atoms. The Bertz CT molecular complexity index is 371. The van der Waals surface area contributed by atoms with Crippen molar-refractivity contribution >= 4 is 0 Å². The summed E-state index contributed by atoms with van der Waals surface area (Å²) in [5.41, 5.74) is 6.84. The summed E-state index contributed by atoms with van der Waals surface area (Å²) in [6.07, 6.45) is 0.178. The van der Waals surface area contributed by atoms with Gasteiger partial charge < -0.3 is 15.2 Å². The third-order valence-electron chi connectivity index (χ3n) is 3.15. The summed E-state index contributed by atoms with van der Waals surface area (Å²) < 4.78 is 11.3. The van der Waals surface area contributed by atoms with Gasteiger partial charge in [0.15, 0.2) is 0 Å². The maximum absolute atomic E-state index is 5.74. The number of aryl methyl sites for hydroxylation is 1. The Morgan fingerprint density at radius 2 is 2.39 bits per heavy atom. The Kier molecular flexibility index (Phi) is 4.99. The second kappa shape index (κ2) is 6.73. The van der Waals surface area contributed by atoms with Crippen molar-refractivity contribution in [1.29, 1.82) is 0 Å². The van der Waals surface area contributed by atoms with Gasteiger partial charge in [-0.05, 0) is 24.6 Å². The number of ether oxygens (including phenoxy) is 2. The van der Waals surface area contributed by atoms with E-state index < -0.39 is 0 Å². The lowest BCUT2D eigenvalue weighted by Gasteiger charge is -2.32. The molecular formula is C14H22N2O2. The first-order valence-electron chi connectivity index (χ1n) is 6.51. The minimum atomic E-state index is 0.178. The lowest BCUT2D eigenvalue weighted by Crippen LogP contribution is -2.46. The molecule has 100 valence electrons. The second-order valence-corrected chi connectivity index (χ2v) is 4.69. The maximum atomic E-state index is 5.74. The van der Waals surface area contributed by atoms with E-state index >= 15 is 0 Å². The number of nitrogens with two attached hydrogens (primary N) is 1. The summed E-state index contributed by atoms with van der Waals surface area (Å²) in [4.78, 5) is 2.34. The lowest BCUT2D eigenvalue weighted by molar-refractivity contribution is -0.0261. The Morgan fingerprint density at radius 3 is 3.17 bits per heavy atom. The Hall–Kier alpha value is -1.10. The van der Waals surface area contributed by atoms with Crippen LogP contribution in [0.3, 0.4) is 0 Å². The molecule has 1 aliphatic heterocycles. The first-order valence-corrected chi connectivity index (χ1v) is 6.51. The van der Waals surface area contributed by atoms with Crippen LogP contribution in [0.2, 0.25) is 0 Å². The molecule has 1 aliphatic rings. The molecule has 0 radical (unpaired) electrons.